The minimum atomic E-state index is -4.47. The van der Waals surface area contributed by atoms with Crippen LogP contribution in [0.25, 0.3) is 0 Å². The van der Waals surface area contributed by atoms with Crippen molar-refractivity contribution < 1.29 is 22.7 Å². The number of carbonyl (C=O) groups is 1. The number of alkyl halides is 3. The molecule has 4 nitrogen and oxygen atoms in total. The smallest absolute Gasteiger partial charge is 0.370 e. The zero-order valence-corrected chi connectivity index (χ0v) is 11.3. The molecule has 0 fully saturated rings. The largest absolute Gasteiger partial charge is 0.416 e. The lowest BCUT2D eigenvalue weighted by Crippen LogP contribution is -2.21. The molecule has 0 saturated heterocycles. The van der Waals surface area contributed by atoms with Crippen molar-refractivity contribution in [1.82, 2.24) is 0 Å². The van der Waals surface area contributed by atoms with Gasteiger partial charge in [0.2, 0.25) is 5.91 Å². The van der Waals surface area contributed by atoms with E-state index in [1.54, 1.807) is 0 Å². The van der Waals surface area contributed by atoms with Crippen LogP contribution in [0.4, 0.5) is 18.9 Å². The summed E-state index contributed by atoms with van der Waals surface area (Å²) in [7, 11) is 0. The van der Waals surface area contributed by atoms with Gasteiger partial charge in [0.05, 0.1) is 12.2 Å². The van der Waals surface area contributed by atoms with Crippen LogP contribution in [0.1, 0.15) is 5.56 Å². The van der Waals surface area contributed by atoms with Crippen molar-refractivity contribution in [2.45, 2.75) is 6.18 Å². The molecule has 19 heavy (non-hydrogen) atoms. The molecule has 3 N–H and O–H groups in total. The molecule has 0 aromatic heterocycles. The second kappa shape index (κ2) is 6.88. The lowest BCUT2D eigenvalue weighted by atomic mass is 10.2. The molecule has 0 radical (unpaired) electrons. The van der Waals surface area contributed by atoms with Crippen LogP contribution in [0.2, 0.25) is 0 Å². The topological polar surface area (TPSA) is 64.3 Å². The first-order chi connectivity index (χ1) is 8.82. The van der Waals surface area contributed by atoms with Gasteiger partial charge in [-0.2, -0.15) is 13.2 Å². The first-order valence-corrected chi connectivity index (χ1v) is 6.07. The van der Waals surface area contributed by atoms with Gasteiger partial charge < -0.3 is 15.8 Å². The van der Waals surface area contributed by atoms with Gasteiger partial charge in [-0.25, -0.2) is 0 Å². The zero-order valence-electron chi connectivity index (χ0n) is 9.76. The Bertz CT molecular complexity index is 452. The number of benzene rings is 1. The number of ether oxygens (including phenoxy) is 1. The van der Waals surface area contributed by atoms with Crippen molar-refractivity contribution in [1.29, 1.82) is 0 Å². The van der Waals surface area contributed by atoms with Crippen LogP contribution < -0.4 is 11.1 Å². The summed E-state index contributed by atoms with van der Waals surface area (Å²) >= 11 is 2.96. The Morgan fingerprint density at radius 3 is 2.63 bits per heavy atom. The first kappa shape index (κ1) is 15.9. The minimum absolute atomic E-state index is 0.0445. The highest BCUT2D eigenvalue weighted by Gasteiger charge is 2.31. The van der Waals surface area contributed by atoms with Crippen LogP contribution >= 0.6 is 15.9 Å². The highest BCUT2D eigenvalue weighted by Crippen LogP contribution is 2.33. The summed E-state index contributed by atoms with van der Waals surface area (Å²) in [5.74, 6) is -0.542. The third kappa shape index (κ3) is 5.58. The SMILES string of the molecule is NCCOCC(=O)Nc1cc(Br)cc(C(F)(F)F)c1. The third-order valence-electron chi connectivity index (χ3n) is 2.00. The summed E-state index contributed by atoms with van der Waals surface area (Å²) in [6.07, 6.45) is -4.47. The summed E-state index contributed by atoms with van der Waals surface area (Å²) in [6.45, 7) is 0.215. The number of hydrogen-bond donors (Lipinski definition) is 2. The normalized spacial score (nSPS) is 11.4. The van der Waals surface area contributed by atoms with Crippen molar-refractivity contribution in [3.8, 4) is 0 Å². The average molecular weight is 341 g/mol. The molecule has 1 aromatic carbocycles. The number of nitrogens with one attached hydrogen (secondary N) is 1. The Balaban J connectivity index is 2.73. The zero-order chi connectivity index (χ0) is 14.5. The Kier molecular flexibility index (Phi) is 5.77. The number of carbonyl (C=O) groups excluding carboxylic acids is 1. The highest BCUT2D eigenvalue weighted by molar-refractivity contribution is 9.10. The van der Waals surface area contributed by atoms with Gasteiger partial charge in [0.25, 0.3) is 0 Å². The predicted molar refractivity (Wildman–Crippen MR) is 67.6 cm³/mol. The van der Waals surface area contributed by atoms with Crippen LogP contribution in [-0.4, -0.2) is 25.7 Å². The summed E-state index contributed by atoms with van der Waals surface area (Å²) in [5, 5.41) is 2.32. The van der Waals surface area contributed by atoms with E-state index >= 15 is 0 Å². The molecular formula is C11H12BrF3N2O2. The number of anilines is 1. The molecule has 0 unspecified atom stereocenters. The van der Waals surface area contributed by atoms with E-state index in [1.165, 1.54) is 6.07 Å². The van der Waals surface area contributed by atoms with Gasteiger partial charge in [-0.05, 0) is 18.2 Å². The van der Waals surface area contributed by atoms with Crippen molar-refractivity contribution in [3.63, 3.8) is 0 Å². The predicted octanol–water partition coefficient (Wildman–Crippen LogP) is 2.38. The molecule has 0 spiro atoms. The number of hydrogen-bond acceptors (Lipinski definition) is 3. The molecule has 1 amide bonds. The van der Waals surface area contributed by atoms with E-state index in [9.17, 15) is 18.0 Å². The summed E-state index contributed by atoms with van der Waals surface area (Å²) < 4.78 is 42.8. The molecule has 0 aliphatic heterocycles. The van der Waals surface area contributed by atoms with Gasteiger partial charge >= 0.3 is 6.18 Å². The number of halogens is 4. The lowest BCUT2D eigenvalue weighted by Gasteiger charge is -2.11. The van der Waals surface area contributed by atoms with E-state index in [-0.39, 0.29) is 29.9 Å². The molecule has 106 valence electrons. The summed E-state index contributed by atoms with van der Waals surface area (Å²) in [5.41, 5.74) is 4.36. The van der Waals surface area contributed by atoms with Gasteiger partial charge in [-0.15, -0.1) is 0 Å². The molecule has 1 rings (SSSR count). The standard InChI is InChI=1S/C11H12BrF3N2O2/c12-8-3-7(11(13,14)15)4-9(5-8)17-10(18)6-19-2-1-16/h3-5H,1-2,6,16H2,(H,17,18). The minimum Gasteiger partial charge on any atom is -0.370 e. The van der Waals surface area contributed by atoms with Crippen LogP contribution in [0.15, 0.2) is 22.7 Å². The quantitative estimate of drug-likeness (QED) is 0.809. The number of rotatable bonds is 5. The van der Waals surface area contributed by atoms with Crippen LogP contribution in [0.3, 0.4) is 0 Å². The molecule has 0 saturated carbocycles. The first-order valence-electron chi connectivity index (χ1n) is 5.28. The Hall–Kier alpha value is -1.12. The van der Waals surface area contributed by atoms with Gasteiger partial charge in [-0.3, -0.25) is 4.79 Å². The molecular weight excluding hydrogens is 329 g/mol. The monoisotopic (exact) mass is 340 g/mol. The van der Waals surface area contributed by atoms with Crippen LogP contribution in [0, 0.1) is 0 Å². The molecule has 0 bridgehead atoms. The lowest BCUT2D eigenvalue weighted by molar-refractivity contribution is -0.137. The highest BCUT2D eigenvalue weighted by atomic mass is 79.9. The van der Waals surface area contributed by atoms with Gasteiger partial charge in [-0.1, -0.05) is 15.9 Å². The maximum absolute atomic E-state index is 12.6. The Morgan fingerprint density at radius 2 is 2.05 bits per heavy atom. The summed E-state index contributed by atoms with van der Waals surface area (Å²) in [4.78, 5) is 11.4. The molecule has 0 aliphatic carbocycles. The van der Waals surface area contributed by atoms with Crippen molar-refractivity contribution in [2.75, 3.05) is 25.1 Å². The fraction of sp³-hybridized carbons (Fsp3) is 0.364. The van der Waals surface area contributed by atoms with Gasteiger partial charge in [0.1, 0.15) is 6.61 Å². The maximum atomic E-state index is 12.6. The molecule has 1 aromatic rings. The number of nitrogens with two attached hydrogens (primary N) is 1. The average Bonchev–Trinajstić information content (AvgIpc) is 2.27. The van der Waals surface area contributed by atoms with E-state index in [2.05, 4.69) is 21.2 Å². The van der Waals surface area contributed by atoms with Crippen molar-refractivity contribution in [2.24, 2.45) is 5.73 Å². The van der Waals surface area contributed by atoms with Crippen LogP contribution in [-0.2, 0) is 15.7 Å². The maximum Gasteiger partial charge on any atom is 0.416 e. The second-order valence-corrected chi connectivity index (χ2v) is 4.53. The van der Waals surface area contributed by atoms with Crippen molar-refractivity contribution in [3.05, 3.63) is 28.2 Å². The van der Waals surface area contributed by atoms with E-state index < -0.39 is 17.6 Å². The van der Waals surface area contributed by atoms with Gasteiger partial charge in [0, 0.05) is 16.7 Å². The Labute approximate surface area is 116 Å². The fourth-order valence-electron chi connectivity index (χ4n) is 1.27. The van der Waals surface area contributed by atoms with Crippen LogP contribution in [0.5, 0.6) is 0 Å². The van der Waals surface area contributed by atoms with Gasteiger partial charge in [0.15, 0.2) is 0 Å². The second-order valence-electron chi connectivity index (χ2n) is 3.62. The van der Waals surface area contributed by atoms with E-state index in [4.69, 9.17) is 10.5 Å². The molecule has 0 atom stereocenters. The third-order valence-corrected chi connectivity index (χ3v) is 2.46. The molecule has 0 aliphatic rings. The fourth-order valence-corrected chi connectivity index (χ4v) is 1.76. The number of amides is 1. The molecule has 0 heterocycles. The van der Waals surface area contributed by atoms with E-state index in [0.717, 1.165) is 12.1 Å². The Morgan fingerprint density at radius 1 is 1.37 bits per heavy atom. The summed E-state index contributed by atoms with van der Waals surface area (Å²) in [6, 6.07) is 3.16. The molecule has 8 heteroatoms. The van der Waals surface area contributed by atoms with E-state index in [0.29, 0.717) is 0 Å². The van der Waals surface area contributed by atoms with E-state index in [1.807, 2.05) is 0 Å². The van der Waals surface area contributed by atoms with Crippen molar-refractivity contribution >= 4 is 27.5 Å².